The zero-order valence-electron chi connectivity index (χ0n) is 20.4. The number of carbonyl (C=O) groups is 1. The Morgan fingerprint density at radius 1 is 1.22 bits per heavy atom. The van der Waals surface area contributed by atoms with Gasteiger partial charge >= 0.3 is 5.97 Å². The Morgan fingerprint density at radius 2 is 2.03 bits per heavy atom. The maximum absolute atomic E-state index is 13.3. The molecule has 7 nitrogen and oxygen atoms in total. The molecule has 0 saturated carbocycles. The highest BCUT2D eigenvalue weighted by Crippen LogP contribution is 2.42. The lowest BCUT2D eigenvalue weighted by Crippen LogP contribution is -2.56. The Labute approximate surface area is 215 Å². The zero-order valence-corrected chi connectivity index (χ0v) is 21.2. The van der Waals surface area contributed by atoms with E-state index < -0.39 is 0 Å². The Kier molecular flexibility index (Phi) is 7.02. The van der Waals surface area contributed by atoms with Crippen LogP contribution in [0.2, 0.25) is 0 Å². The predicted octanol–water partition coefficient (Wildman–Crippen LogP) is 4.18. The molecule has 1 aromatic heterocycles. The molecule has 0 amide bonds. The van der Waals surface area contributed by atoms with Crippen LogP contribution in [0.3, 0.4) is 0 Å². The van der Waals surface area contributed by atoms with Gasteiger partial charge in [0.05, 0.1) is 18.4 Å². The number of fused-ring (bicyclic) bond motifs is 3. The maximum atomic E-state index is 13.3. The number of anilines is 1. The molecule has 4 heterocycles. The lowest BCUT2D eigenvalue weighted by molar-refractivity contribution is 0.0303. The van der Waals surface area contributed by atoms with E-state index in [1.165, 1.54) is 31.4 Å². The SMILES string of the molecule is COC(=O)c1cccc(NC(=S)NC[C@H]2C[C@@H]3CCN2C[C@@H]3c2cc(-c3ccc(F)cc3)nn2C)c1. The van der Waals surface area contributed by atoms with Gasteiger partial charge in [0.2, 0.25) is 0 Å². The van der Waals surface area contributed by atoms with E-state index in [-0.39, 0.29) is 11.8 Å². The van der Waals surface area contributed by atoms with Gasteiger partial charge in [0.15, 0.2) is 5.11 Å². The van der Waals surface area contributed by atoms with Crippen molar-refractivity contribution in [1.29, 1.82) is 0 Å². The third kappa shape index (κ3) is 5.12. The number of halogens is 1. The van der Waals surface area contributed by atoms with E-state index in [1.54, 1.807) is 30.3 Å². The number of hydrogen-bond acceptors (Lipinski definition) is 5. The molecule has 2 bridgehead atoms. The van der Waals surface area contributed by atoms with Gasteiger partial charge in [0, 0.05) is 49.0 Å². The van der Waals surface area contributed by atoms with Crippen LogP contribution in [0.1, 0.15) is 34.8 Å². The Morgan fingerprint density at radius 3 is 2.75 bits per heavy atom. The van der Waals surface area contributed by atoms with Crippen LogP contribution in [-0.4, -0.2) is 58.5 Å². The van der Waals surface area contributed by atoms with E-state index in [2.05, 4.69) is 21.6 Å². The van der Waals surface area contributed by atoms with Crippen LogP contribution < -0.4 is 10.6 Å². The number of carbonyl (C=O) groups excluding carboxylic acids is 1. The third-order valence-corrected chi connectivity index (χ3v) is 7.60. The molecule has 2 N–H and O–H groups in total. The fourth-order valence-corrected chi connectivity index (χ4v) is 5.70. The van der Waals surface area contributed by atoms with Crippen molar-refractivity contribution >= 4 is 29.0 Å². The Bertz CT molecular complexity index is 1260. The number of piperidine rings is 3. The van der Waals surface area contributed by atoms with Crippen LogP contribution in [0.5, 0.6) is 0 Å². The molecular weight excluding hydrogens is 477 g/mol. The normalized spacial score (nSPS) is 22.8. The number of hydrogen-bond donors (Lipinski definition) is 2. The van der Waals surface area contributed by atoms with Gasteiger partial charge in [-0.25, -0.2) is 9.18 Å². The molecular formula is C27H30FN5O2S. The van der Waals surface area contributed by atoms with E-state index in [0.717, 1.165) is 43.0 Å². The van der Waals surface area contributed by atoms with E-state index in [4.69, 9.17) is 22.1 Å². The second kappa shape index (κ2) is 10.4. The smallest absolute Gasteiger partial charge is 0.337 e. The van der Waals surface area contributed by atoms with Crippen molar-refractivity contribution in [3.05, 3.63) is 71.7 Å². The van der Waals surface area contributed by atoms with Gasteiger partial charge in [-0.05, 0) is 86.1 Å². The summed E-state index contributed by atoms with van der Waals surface area (Å²) in [6, 6.07) is 16.2. The number of aromatic nitrogens is 2. The monoisotopic (exact) mass is 507 g/mol. The summed E-state index contributed by atoms with van der Waals surface area (Å²) in [7, 11) is 3.36. The van der Waals surface area contributed by atoms with Crippen molar-refractivity contribution in [2.75, 3.05) is 32.1 Å². The summed E-state index contributed by atoms with van der Waals surface area (Å²) in [5.74, 6) is 0.386. The maximum Gasteiger partial charge on any atom is 0.337 e. The number of aryl methyl sites for hydroxylation is 1. The second-order valence-corrected chi connectivity index (χ2v) is 9.94. The number of benzene rings is 2. The highest BCUT2D eigenvalue weighted by molar-refractivity contribution is 7.80. The van der Waals surface area contributed by atoms with Crippen molar-refractivity contribution in [1.82, 2.24) is 20.0 Å². The minimum atomic E-state index is -0.378. The number of thiocarbonyl (C=S) groups is 1. The van der Waals surface area contributed by atoms with Crippen LogP contribution in [0.15, 0.2) is 54.6 Å². The van der Waals surface area contributed by atoms with Crippen molar-refractivity contribution in [3.8, 4) is 11.3 Å². The van der Waals surface area contributed by atoms with Crippen molar-refractivity contribution in [3.63, 3.8) is 0 Å². The predicted molar refractivity (Wildman–Crippen MR) is 141 cm³/mol. The molecule has 6 rings (SSSR count). The average Bonchev–Trinajstić information content (AvgIpc) is 3.29. The largest absolute Gasteiger partial charge is 0.465 e. The second-order valence-electron chi connectivity index (χ2n) is 9.53. The van der Waals surface area contributed by atoms with Crippen molar-refractivity contribution in [2.24, 2.45) is 13.0 Å². The third-order valence-electron chi connectivity index (χ3n) is 7.35. The molecule has 3 aromatic rings. The quantitative estimate of drug-likeness (QED) is 0.383. The number of ether oxygens (including phenoxy) is 1. The molecule has 3 aliphatic heterocycles. The molecule has 36 heavy (non-hydrogen) atoms. The van der Waals surface area contributed by atoms with Gasteiger partial charge in [-0.1, -0.05) is 6.07 Å². The van der Waals surface area contributed by atoms with E-state index in [0.29, 0.717) is 28.6 Å². The van der Waals surface area contributed by atoms with Crippen LogP contribution >= 0.6 is 12.2 Å². The summed E-state index contributed by atoms with van der Waals surface area (Å²) in [5, 5.41) is 11.8. The standard InChI is InChI=1S/C27H30FN5O2S/c1-32-25(14-24(31-32)17-6-8-20(28)9-7-17)23-16-33-11-10-18(23)13-22(33)15-29-27(36)30-21-5-3-4-19(12-21)26(34)35-2/h3-9,12,14,18,22-23H,10-11,13,15-16H2,1-2H3,(H2,29,30,36)/t18-,22+,23-/m0/s1. The number of nitrogens with one attached hydrogen (secondary N) is 2. The van der Waals surface area contributed by atoms with Crippen LogP contribution in [0.4, 0.5) is 10.1 Å². The van der Waals surface area contributed by atoms with Crippen LogP contribution in [0.25, 0.3) is 11.3 Å². The minimum absolute atomic E-state index is 0.239. The van der Waals surface area contributed by atoms with Gasteiger partial charge < -0.3 is 15.4 Å². The Hall–Kier alpha value is -3.30. The lowest BCUT2D eigenvalue weighted by Gasteiger charge is -2.50. The average molecular weight is 508 g/mol. The van der Waals surface area contributed by atoms with Crippen molar-refractivity contribution in [2.45, 2.75) is 24.8 Å². The first-order valence-corrected chi connectivity index (χ1v) is 12.6. The summed E-state index contributed by atoms with van der Waals surface area (Å²) >= 11 is 5.51. The molecule has 1 unspecified atom stereocenters. The first-order valence-electron chi connectivity index (χ1n) is 12.2. The number of nitrogens with zero attached hydrogens (tertiary/aromatic N) is 3. The molecule has 9 heteroatoms. The molecule has 0 aliphatic carbocycles. The molecule has 2 aromatic carbocycles. The van der Waals surface area contributed by atoms with Crippen molar-refractivity contribution < 1.29 is 13.9 Å². The summed E-state index contributed by atoms with van der Waals surface area (Å²) in [6.07, 6.45) is 2.26. The summed E-state index contributed by atoms with van der Waals surface area (Å²) in [6.45, 7) is 2.83. The van der Waals surface area contributed by atoms with Crippen LogP contribution in [0, 0.1) is 11.7 Å². The van der Waals surface area contributed by atoms with Gasteiger partial charge in [-0.3, -0.25) is 9.58 Å². The number of esters is 1. The number of methoxy groups -OCH3 is 1. The van der Waals surface area contributed by atoms with Gasteiger partial charge in [-0.2, -0.15) is 5.10 Å². The van der Waals surface area contributed by atoms with Crippen LogP contribution in [-0.2, 0) is 11.8 Å². The molecule has 3 aliphatic rings. The molecule has 0 spiro atoms. The molecule has 0 radical (unpaired) electrons. The fourth-order valence-electron chi connectivity index (χ4n) is 5.50. The summed E-state index contributed by atoms with van der Waals surface area (Å²) in [5.41, 5.74) is 4.27. The van der Waals surface area contributed by atoms with E-state index >= 15 is 0 Å². The fraction of sp³-hybridized carbons (Fsp3) is 0.370. The first-order chi connectivity index (χ1) is 17.4. The molecule has 4 atom stereocenters. The van der Waals surface area contributed by atoms with E-state index in [9.17, 15) is 9.18 Å². The topological polar surface area (TPSA) is 71.4 Å². The zero-order chi connectivity index (χ0) is 25.2. The summed E-state index contributed by atoms with van der Waals surface area (Å²) < 4.78 is 20.1. The molecule has 3 fully saturated rings. The van der Waals surface area contributed by atoms with Gasteiger partial charge in [0.25, 0.3) is 0 Å². The molecule has 3 saturated heterocycles. The lowest BCUT2D eigenvalue weighted by atomic mass is 9.74. The molecule has 188 valence electrons. The minimum Gasteiger partial charge on any atom is -0.465 e. The Balaban J connectivity index is 1.19. The number of rotatable bonds is 6. The van der Waals surface area contributed by atoms with E-state index in [1.807, 2.05) is 17.8 Å². The highest BCUT2D eigenvalue weighted by atomic mass is 32.1. The first kappa shape index (κ1) is 24.4. The summed E-state index contributed by atoms with van der Waals surface area (Å²) in [4.78, 5) is 14.3. The highest BCUT2D eigenvalue weighted by Gasteiger charge is 2.41. The van der Waals surface area contributed by atoms with Gasteiger partial charge in [0.1, 0.15) is 5.82 Å². The van der Waals surface area contributed by atoms with Gasteiger partial charge in [-0.15, -0.1) is 0 Å².